The van der Waals surface area contributed by atoms with Gasteiger partial charge in [-0.15, -0.1) is 0 Å². The molecule has 12 nitrogen and oxygen atoms in total. The second-order valence-electron chi connectivity index (χ2n) is 14.1. The van der Waals surface area contributed by atoms with Gasteiger partial charge in [0, 0.05) is 31.8 Å². The van der Waals surface area contributed by atoms with Gasteiger partial charge in [-0.05, 0) is 58.4 Å². The molecule has 2 aromatic rings. The van der Waals surface area contributed by atoms with Crippen LogP contribution in [0.1, 0.15) is 50.2 Å². The minimum Gasteiger partial charge on any atom is -0.480 e. The van der Waals surface area contributed by atoms with Crippen LogP contribution in [0.15, 0.2) is 35.6 Å². The Hall–Kier alpha value is -3.77. The number of benzene rings is 1. The van der Waals surface area contributed by atoms with Crippen molar-refractivity contribution in [2.45, 2.75) is 81.9 Å². The molecule has 0 bridgehead atoms. The number of amides is 2. The van der Waals surface area contributed by atoms with Gasteiger partial charge >= 0.3 is 18.2 Å². The molecule has 1 fully saturated rings. The van der Waals surface area contributed by atoms with Crippen molar-refractivity contribution in [1.82, 2.24) is 14.9 Å². The number of rotatable bonds is 11. The number of carboxylic acid groups (broad SMARTS) is 1. The van der Waals surface area contributed by atoms with Crippen molar-refractivity contribution in [1.29, 1.82) is 0 Å². The molecule has 4 rings (SSSR count). The number of nitrogens with one attached hydrogen (secondary N) is 1. The summed E-state index contributed by atoms with van der Waals surface area (Å²) in [5.41, 5.74) is -2.62. The maximum atomic E-state index is 15.7. The smallest absolute Gasteiger partial charge is 0.422 e. The van der Waals surface area contributed by atoms with Crippen molar-refractivity contribution < 1.29 is 51.3 Å². The number of halogens is 4. The molecule has 268 valence electrons. The van der Waals surface area contributed by atoms with Crippen LogP contribution in [0, 0.1) is 11.7 Å². The van der Waals surface area contributed by atoms with E-state index >= 15 is 4.39 Å². The van der Waals surface area contributed by atoms with Gasteiger partial charge in [-0.2, -0.15) is 13.2 Å². The lowest BCUT2D eigenvalue weighted by Gasteiger charge is -2.37. The van der Waals surface area contributed by atoms with Gasteiger partial charge in [0.1, 0.15) is 28.6 Å². The van der Waals surface area contributed by atoms with E-state index < -0.39 is 72.3 Å². The number of fused-ring (bicyclic) bond motifs is 1. The number of anilines is 1. The number of nitrogens with zero attached hydrogens (tertiary/aromatic N) is 4. The van der Waals surface area contributed by atoms with Crippen LogP contribution in [0.4, 0.5) is 28.0 Å². The van der Waals surface area contributed by atoms with Crippen molar-refractivity contribution in [3.05, 3.63) is 47.7 Å². The standard InChI is InChI=1S/C31H39F4N5O7SSi/c1-28(2,3)47-27(44)40(17-45-10-11-49(5,6)7)26-39-29(4,22-13-30(22,48-26)25(42)43)19-12-18(8-9-20(19)32)38-24(41)21-14-37-23(15-36-21)46-16-31(33,34)35/h8-9,12,14-15,22H,10-11,13,16-17H2,1-7H3,(H,38,41)(H,42,43)/t22?,29-,30+/m1/s1. The van der Waals surface area contributed by atoms with Crippen molar-refractivity contribution >= 4 is 48.7 Å². The van der Waals surface area contributed by atoms with Gasteiger partial charge < -0.3 is 24.6 Å². The van der Waals surface area contributed by atoms with Crippen molar-refractivity contribution in [3.8, 4) is 5.88 Å². The first-order valence-corrected chi connectivity index (χ1v) is 19.8. The minimum atomic E-state index is -4.59. The average molecular weight is 730 g/mol. The number of carboxylic acids is 1. The highest BCUT2D eigenvalue weighted by molar-refractivity contribution is 8.15. The molecule has 18 heteroatoms. The van der Waals surface area contributed by atoms with Crippen LogP contribution in [-0.4, -0.2) is 87.7 Å². The number of amidine groups is 1. The number of aromatic nitrogens is 2. The number of ether oxygens (including phenoxy) is 3. The highest BCUT2D eigenvalue weighted by Gasteiger charge is 2.72. The quantitative estimate of drug-likeness (QED) is 0.113. The van der Waals surface area contributed by atoms with E-state index in [1.165, 1.54) is 12.1 Å². The fraction of sp³-hybridized carbons (Fsp3) is 0.548. The summed E-state index contributed by atoms with van der Waals surface area (Å²) >= 11 is 0.887. The van der Waals surface area contributed by atoms with Crippen LogP contribution in [-0.2, 0) is 19.8 Å². The second-order valence-corrected chi connectivity index (χ2v) is 21.1. The summed E-state index contributed by atoms with van der Waals surface area (Å²) in [4.78, 5) is 52.4. The van der Waals surface area contributed by atoms with E-state index in [0.717, 1.165) is 41.2 Å². The summed E-state index contributed by atoms with van der Waals surface area (Å²) in [6.07, 6.45) is -3.51. The van der Waals surface area contributed by atoms with Crippen LogP contribution in [0.2, 0.25) is 25.7 Å². The van der Waals surface area contributed by atoms with Gasteiger partial charge in [0.15, 0.2) is 11.8 Å². The van der Waals surface area contributed by atoms with Crippen LogP contribution < -0.4 is 10.1 Å². The molecule has 1 saturated carbocycles. The van der Waals surface area contributed by atoms with Crippen molar-refractivity contribution in [2.75, 3.05) is 25.3 Å². The van der Waals surface area contributed by atoms with E-state index in [9.17, 15) is 32.7 Å². The monoisotopic (exact) mass is 729 g/mol. The van der Waals surface area contributed by atoms with E-state index in [4.69, 9.17) is 14.5 Å². The fourth-order valence-corrected chi connectivity index (χ4v) is 7.27. The molecule has 0 saturated heterocycles. The molecule has 1 aliphatic carbocycles. The molecule has 3 atom stereocenters. The molecule has 2 N–H and O–H groups in total. The number of aliphatic imine (C=N–C) groups is 1. The Kier molecular flexibility index (Phi) is 10.8. The lowest BCUT2D eigenvalue weighted by atomic mass is 9.85. The molecule has 1 aromatic heterocycles. The maximum Gasteiger partial charge on any atom is 0.422 e. The Morgan fingerprint density at radius 1 is 1.14 bits per heavy atom. The largest absolute Gasteiger partial charge is 0.480 e. The first-order chi connectivity index (χ1) is 22.5. The maximum absolute atomic E-state index is 15.7. The van der Waals surface area contributed by atoms with E-state index in [0.29, 0.717) is 6.61 Å². The summed E-state index contributed by atoms with van der Waals surface area (Å²) in [6, 6.07) is 4.47. The number of hydrogen-bond donors (Lipinski definition) is 2. The Balaban J connectivity index is 1.65. The molecule has 1 aliphatic heterocycles. The zero-order chi connectivity index (χ0) is 36.6. The molecular formula is C31H39F4N5O7SSi. The Morgan fingerprint density at radius 2 is 1.84 bits per heavy atom. The van der Waals surface area contributed by atoms with Crippen molar-refractivity contribution in [2.24, 2.45) is 10.9 Å². The van der Waals surface area contributed by atoms with Gasteiger partial charge in [-0.3, -0.25) is 14.6 Å². The lowest BCUT2D eigenvalue weighted by Crippen LogP contribution is -2.47. The summed E-state index contributed by atoms with van der Waals surface area (Å²) in [7, 11) is -1.48. The third-order valence-electron chi connectivity index (χ3n) is 7.63. The third kappa shape index (κ3) is 9.48. The third-order valence-corrected chi connectivity index (χ3v) is 10.8. The summed E-state index contributed by atoms with van der Waals surface area (Å²) < 4.78 is 67.5. The lowest BCUT2D eigenvalue weighted by molar-refractivity contribution is -0.154. The van der Waals surface area contributed by atoms with Gasteiger partial charge in [0.25, 0.3) is 5.91 Å². The molecule has 1 unspecified atom stereocenters. The van der Waals surface area contributed by atoms with Gasteiger partial charge in [-0.1, -0.05) is 31.4 Å². The highest BCUT2D eigenvalue weighted by atomic mass is 32.2. The number of thioether (sulfide) groups is 1. The van der Waals surface area contributed by atoms with Crippen LogP contribution in [0.5, 0.6) is 5.88 Å². The van der Waals surface area contributed by atoms with Crippen LogP contribution in [0.25, 0.3) is 0 Å². The van der Waals surface area contributed by atoms with Crippen LogP contribution in [0.3, 0.4) is 0 Å². The number of carbonyl (C=O) groups is 3. The second kappa shape index (κ2) is 13.9. The average Bonchev–Trinajstić information content (AvgIpc) is 3.73. The molecular weight excluding hydrogens is 691 g/mol. The highest BCUT2D eigenvalue weighted by Crippen LogP contribution is 2.66. The van der Waals surface area contributed by atoms with Crippen LogP contribution >= 0.6 is 11.8 Å². The SMILES string of the molecule is CC(C)(C)OC(=O)N(COCC[Si](C)(C)C)C1=N[C@](C)(c2cc(NC(=O)c3cnc(OCC(F)(F)F)cn3)ccc2F)C2C[C@]2(C(=O)O)S1. The zero-order valence-corrected chi connectivity index (χ0v) is 29.9. The predicted octanol–water partition coefficient (Wildman–Crippen LogP) is 6.52. The van der Waals surface area contributed by atoms with E-state index in [2.05, 4.69) is 39.7 Å². The summed E-state index contributed by atoms with van der Waals surface area (Å²) in [5, 5.41) is 12.9. The molecule has 2 amide bonds. The zero-order valence-electron chi connectivity index (χ0n) is 28.1. The minimum absolute atomic E-state index is 0.0159. The molecule has 2 aliphatic rings. The first kappa shape index (κ1) is 38.0. The van der Waals surface area contributed by atoms with Gasteiger partial charge in [-0.25, -0.2) is 24.1 Å². The fourth-order valence-electron chi connectivity index (χ4n) is 5.00. The molecule has 0 spiro atoms. The number of hydrogen-bond acceptors (Lipinski definition) is 10. The molecule has 1 aromatic carbocycles. The van der Waals surface area contributed by atoms with E-state index in [1.807, 2.05) is 0 Å². The van der Waals surface area contributed by atoms with Crippen molar-refractivity contribution in [3.63, 3.8) is 0 Å². The van der Waals surface area contributed by atoms with E-state index in [1.54, 1.807) is 27.7 Å². The summed E-state index contributed by atoms with van der Waals surface area (Å²) in [6.45, 7) is 11.6. The van der Waals surface area contributed by atoms with Gasteiger partial charge in [0.05, 0.1) is 17.9 Å². The normalized spacial score (nSPS) is 22.0. The van der Waals surface area contributed by atoms with Gasteiger partial charge in [0.2, 0.25) is 5.88 Å². The topological polar surface area (TPSA) is 153 Å². The Morgan fingerprint density at radius 3 is 2.41 bits per heavy atom. The Labute approximate surface area is 286 Å². The predicted molar refractivity (Wildman–Crippen MR) is 176 cm³/mol. The number of carbonyl (C=O) groups excluding carboxylic acids is 2. The molecule has 49 heavy (non-hydrogen) atoms. The number of alkyl halides is 3. The number of aliphatic carboxylic acids is 1. The van der Waals surface area contributed by atoms with E-state index in [-0.39, 0.29) is 35.3 Å². The Bertz CT molecular complexity index is 1620. The summed E-state index contributed by atoms with van der Waals surface area (Å²) in [5.74, 6) is -3.82. The molecule has 0 radical (unpaired) electrons. The first-order valence-electron chi connectivity index (χ1n) is 15.3. The molecule has 2 heterocycles.